The maximum absolute atomic E-state index is 9.81. The lowest BCUT2D eigenvalue weighted by Crippen LogP contribution is -2.04. The van der Waals surface area contributed by atoms with Crippen molar-refractivity contribution in [3.8, 4) is 28.5 Å². The Morgan fingerprint density at radius 1 is 1.00 bits per heavy atom. The van der Waals surface area contributed by atoms with Crippen LogP contribution in [-0.4, -0.2) is 34.1 Å². The zero-order valence-electron chi connectivity index (χ0n) is 15.1. The van der Waals surface area contributed by atoms with E-state index in [1.165, 1.54) is 0 Å². The number of ether oxygens (including phenoxy) is 2. The standard InChI is InChI=1S/C21H19N3O3/c1-26-18-6-3-5-14-11-15(13-24-10-4-9-22-24)20(23-21(14)18)17-8-7-16(25)12-19(17)27-2/h3-12,25H,13H2,1-2H3. The number of benzene rings is 2. The van der Waals surface area contributed by atoms with Crippen LogP contribution in [0.3, 0.4) is 0 Å². The number of nitrogens with zero attached hydrogens (tertiary/aromatic N) is 3. The first-order valence-electron chi connectivity index (χ1n) is 8.51. The molecule has 0 aliphatic heterocycles. The van der Waals surface area contributed by atoms with Gasteiger partial charge in [-0.2, -0.15) is 5.10 Å². The summed E-state index contributed by atoms with van der Waals surface area (Å²) in [6, 6.07) is 14.8. The van der Waals surface area contributed by atoms with Crippen molar-refractivity contribution >= 4 is 10.9 Å². The van der Waals surface area contributed by atoms with Crippen LogP contribution in [0.1, 0.15) is 5.56 Å². The van der Waals surface area contributed by atoms with Crippen molar-refractivity contribution in [3.05, 3.63) is 66.5 Å². The van der Waals surface area contributed by atoms with Gasteiger partial charge in [0.1, 0.15) is 22.8 Å². The number of para-hydroxylation sites is 1. The quantitative estimate of drug-likeness (QED) is 0.584. The SMILES string of the molecule is COc1cc(O)ccc1-c1nc2c(OC)cccc2cc1Cn1cccn1. The summed E-state index contributed by atoms with van der Waals surface area (Å²) in [5, 5.41) is 15.1. The summed E-state index contributed by atoms with van der Waals surface area (Å²) in [6.45, 7) is 0.562. The fourth-order valence-electron chi connectivity index (χ4n) is 3.18. The first-order chi connectivity index (χ1) is 13.2. The molecular formula is C21H19N3O3. The van der Waals surface area contributed by atoms with E-state index in [1.54, 1.807) is 32.5 Å². The Morgan fingerprint density at radius 2 is 1.85 bits per heavy atom. The highest BCUT2D eigenvalue weighted by Gasteiger charge is 2.16. The predicted octanol–water partition coefficient (Wildman–Crippen LogP) is 3.87. The van der Waals surface area contributed by atoms with Gasteiger partial charge in [-0.15, -0.1) is 0 Å². The van der Waals surface area contributed by atoms with E-state index in [2.05, 4.69) is 11.2 Å². The summed E-state index contributed by atoms with van der Waals surface area (Å²) in [7, 11) is 3.21. The molecule has 2 aromatic heterocycles. The van der Waals surface area contributed by atoms with Crippen LogP contribution in [-0.2, 0) is 6.54 Å². The molecular weight excluding hydrogens is 342 g/mol. The first kappa shape index (κ1) is 16.9. The van der Waals surface area contributed by atoms with Crippen LogP contribution in [0, 0.1) is 0 Å². The fourth-order valence-corrected chi connectivity index (χ4v) is 3.18. The van der Waals surface area contributed by atoms with Gasteiger partial charge in [0.25, 0.3) is 0 Å². The van der Waals surface area contributed by atoms with Crippen molar-refractivity contribution in [2.75, 3.05) is 14.2 Å². The van der Waals surface area contributed by atoms with Crippen LogP contribution in [0.2, 0.25) is 0 Å². The minimum Gasteiger partial charge on any atom is -0.508 e. The Bertz CT molecular complexity index is 1090. The average Bonchev–Trinajstić information content (AvgIpc) is 3.20. The van der Waals surface area contributed by atoms with Gasteiger partial charge in [-0.1, -0.05) is 12.1 Å². The molecule has 27 heavy (non-hydrogen) atoms. The van der Waals surface area contributed by atoms with Gasteiger partial charge >= 0.3 is 0 Å². The van der Waals surface area contributed by atoms with Gasteiger partial charge in [0.05, 0.1) is 26.5 Å². The van der Waals surface area contributed by atoms with E-state index in [0.717, 1.165) is 27.7 Å². The molecule has 6 nitrogen and oxygen atoms in total. The van der Waals surface area contributed by atoms with E-state index in [9.17, 15) is 5.11 Å². The Balaban J connectivity index is 1.98. The molecule has 6 heteroatoms. The molecule has 0 unspecified atom stereocenters. The van der Waals surface area contributed by atoms with E-state index in [1.807, 2.05) is 41.2 Å². The number of aromatic nitrogens is 3. The predicted molar refractivity (Wildman–Crippen MR) is 103 cm³/mol. The normalized spacial score (nSPS) is 10.9. The molecule has 136 valence electrons. The van der Waals surface area contributed by atoms with Gasteiger partial charge in [0.2, 0.25) is 0 Å². The summed E-state index contributed by atoms with van der Waals surface area (Å²) in [6.07, 6.45) is 3.66. The molecule has 0 fully saturated rings. The van der Waals surface area contributed by atoms with Crippen molar-refractivity contribution in [2.24, 2.45) is 0 Å². The first-order valence-corrected chi connectivity index (χ1v) is 8.51. The number of methoxy groups -OCH3 is 2. The molecule has 0 radical (unpaired) electrons. The number of phenolic OH excluding ortho intramolecular Hbond substituents is 1. The molecule has 4 rings (SSSR count). The zero-order valence-corrected chi connectivity index (χ0v) is 15.1. The summed E-state index contributed by atoms with van der Waals surface area (Å²) in [4.78, 5) is 4.91. The number of phenols is 1. The maximum Gasteiger partial charge on any atom is 0.145 e. The third-order valence-corrected chi connectivity index (χ3v) is 4.44. The van der Waals surface area contributed by atoms with Crippen LogP contribution in [0.5, 0.6) is 17.2 Å². The minimum atomic E-state index is 0.141. The minimum absolute atomic E-state index is 0.141. The highest BCUT2D eigenvalue weighted by molar-refractivity contribution is 5.89. The van der Waals surface area contributed by atoms with Crippen LogP contribution in [0.25, 0.3) is 22.2 Å². The third-order valence-electron chi connectivity index (χ3n) is 4.44. The zero-order chi connectivity index (χ0) is 18.8. The van der Waals surface area contributed by atoms with Crippen molar-refractivity contribution in [1.29, 1.82) is 0 Å². The monoisotopic (exact) mass is 361 g/mol. The third kappa shape index (κ3) is 3.17. The van der Waals surface area contributed by atoms with E-state index < -0.39 is 0 Å². The van der Waals surface area contributed by atoms with Crippen molar-refractivity contribution in [1.82, 2.24) is 14.8 Å². The van der Waals surface area contributed by atoms with E-state index in [-0.39, 0.29) is 5.75 Å². The van der Waals surface area contributed by atoms with Crippen LogP contribution in [0.4, 0.5) is 0 Å². The summed E-state index contributed by atoms with van der Waals surface area (Å²) in [5.74, 6) is 1.40. The summed E-state index contributed by atoms with van der Waals surface area (Å²) in [5.41, 5.74) is 3.32. The number of rotatable bonds is 5. The number of aromatic hydroxyl groups is 1. The smallest absolute Gasteiger partial charge is 0.145 e. The Morgan fingerprint density at radius 3 is 2.59 bits per heavy atom. The van der Waals surface area contributed by atoms with Gasteiger partial charge in [-0.05, 0) is 30.3 Å². The lowest BCUT2D eigenvalue weighted by atomic mass is 10.0. The Labute approximate surface area is 156 Å². The van der Waals surface area contributed by atoms with Crippen molar-refractivity contribution in [3.63, 3.8) is 0 Å². The maximum atomic E-state index is 9.81. The lowest BCUT2D eigenvalue weighted by Gasteiger charge is -2.15. The molecule has 2 heterocycles. The van der Waals surface area contributed by atoms with E-state index in [4.69, 9.17) is 14.5 Å². The van der Waals surface area contributed by atoms with Gasteiger partial charge < -0.3 is 14.6 Å². The van der Waals surface area contributed by atoms with Gasteiger partial charge in [-0.3, -0.25) is 4.68 Å². The van der Waals surface area contributed by atoms with Crippen LogP contribution < -0.4 is 9.47 Å². The summed E-state index contributed by atoms with van der Waals surface area (Å²) >= 11 is 0. The Hall–Kier alpha value is -3.54. The second-order valence-corrected chi connectivity index (χ2v) is 6.12. The topological polar surface area (TPSA) is 69.4 Å². The van der Waals surface area contributed by atoms with Crippen molar-refractivity contribution < 1.29 is 14.6 Å². The highest BCUT2D eigenvalue weighted by atomic mass is 16.5. The largest absolute Gasteiger partial charge is 0.508 e. The van der Waals surface area contributed by atoms with Gasteiger partial charge in [-0.25, -0.2) is 4.98 Å². The summed E-state index contributed by atoms with van der Waals surface area (Å²) < 4.78 is 12.8. The average molecular weight is 361 g/mol. The number of hydrogen-bond acceptors (Lipinski definition) is 5. The molecule has 0 bridgehead atoms. The number of pyridine rings is 1. The van der Waals surface area contributed by atoms with Gasteiger partial charge in [0, 0.05) is 35.0 Å². The molecule has 0 aliphatic carbocycles. The molecule has 2 aromatic carbocycles. The molecule has 0 atom stereocenters. The molecule has 1 N–H and O–H groups in total. The van der Waals surface area contributed by atoms with Crippen LogP contribution >= 0.6 is 0 Å². The fraction of sp³-hybridized carbons (Fsp3) is 0.143. The van der Waals surface area contributed by atoms with E-state index >= 15 is 0 Å². The molecule has 0 aliphatic rings. The number of hydrogen-bond donors (Lipinski definition) is 1. The molecule has 0 amide bonds. The molecule has 4 aromatic rings. The Kier molecular flexibility index (Phi) is 4.38. The van der Waals surface area contributed by atoms with Crippen LogP contribution in [0.15, 0.2) is 60.9 Å². The number of fused-ring (bicyclic) bond motifs is 1. The van der Waals surface area contributed by atoms with E-state index in [0.29, 0.717) is 18.0 Å². The second-order valence-electron chi connectivity index (χ2n) is 6.12. The van der Waals surface area contributed by atoms with Gasteiger partial charge in [0.15, 0.2) is 0 Å². The lowest BCUT2D eigenvalue weighted by molar-refractivity contribution is 0.409. The molecule has 0 spiro atoms. The highest BCUT2D eigenvalue weighted by Crippen LogP contribution is 2.36. The van der Waals surface area contributed by atoms with Crippen molar-refractivity contribution in [2.45, 2.75) is 6.54 Å². The molecule has 0 saturated heterocycles. The second kappa shape index (κ2) is 6.99. The molecule has 0 saturated carbocycles.